The van der Waals surface area contributed by atoms with Crippen LogP contribution in [0, 0.1) is 5.92 Å². The van der Waals surface area contributed by atoms with Gasteiger partial charge in [-0.1, -0.05) is 13.0 Å². The molecule has 0 heterocycles. The first kappa shape index (κ1) is 17.2. The Labute approximate surface area is 127 Å². The molecule has 114 valence electrons. The Morgan fingerprint density at radius 2 is 1.85 bits per heavy atom. The third-order valence-electron chi connectivity index (χ3n) is 3.26. The molecule has 4 heteroatoms. The molecule has 3 nitrogen and oxygen atoms in total. The summed E-state index contributed by atoms with van der Waals surface area (Å²) in [6, 6.07) is 6.59. The monoisotopic (exact) mass is 297 g/mol. The lowest BCUT2D eigenvalue weighted by Gasteiger charge is -2.18. The molecular weight excluding hydrogens is 270 g/mol. The summed E-state index contributed by atoms with van der Waals surface area (Å²) >= 11 is 1.90. The van der Waals surface area contributed by atoms with E-state index in [4.69, 9.17) is 9.47 Å². The van der Waals surface area contributed by atoms with Crippen molar-refractivity contribution in [2.24, 2.45) is 5.92 Å². The molecule has 0 amide bonds. The summed E-state index contributed by atoms with van der Waals surface area (Å²) in [7, 11) is 3.34. The predicted molar refractivity (Wildman–Crippen MR) is 88.3 cm³/mol. The molecule has 0 saturated carbocycles. The highest BCUT2D eigenvalue weighted by atomic mass is 32.2. The van der Waals surface area contributed by atoms with E-state index in [-0.39, 0.29) is 0 Å². The van der Waals surface area contributed by atoms with E-state index in [1.54, 1.807) is 14.2 Å². The normalized spacial score (nSPS) is 13.8. The van der Waals surface area contributed by atoms with E-state index in [2.05, 4.69) is 37.6 Å². The molecule has 1 N–H and O–H groups in total. The predicted octanol–water partition coefficient (Wildman–Crippen LogP) is 3.22. The van der Waals surface area contributed by atoms with Crippen LogP contribution in [0.4, 0.5) is 0 Å². The minimum Gasteiger partial charge on any atom is -0.493 e. The number of rotatable bonds is 9. The molecule has 0 aliphatic carbocycles. The minimum absolute atomic E-state index is 0.456. The summed E-state index contributed by atoms with van der Waals surface area (Å²) < 4.78 is 10.6. The summed E-state index contributed by atoms with van der Waals surface area (Å²) in [5.74, 6) is 3.49. The van der Waals surface area contributed by atoms with Crippen LogP contribution in [0.2, 0.25) is 0 Å². The fraction of sp³-hybridized carbons (Fsp3) is 0.625. The molecule has 1 aromatic rings. The van der Waals surface area contributed by atoms with Gasteiger partial charge in [0, 0.05) is 6.04 Å². The average Bonchev–Trinajstić information content (AvgIpc) is 2.45. The van der Waals surface area contributed by atoms with Crippen LogP contribution in [0.1, 0.15) is 19.4 Å². The van der Waals surface area contributed by atoms with Gasteiger partial charge in [-0.2, -0.15) is 11.8 Å². The minimum atomic E-state index is 0.456. The summed E-state index contributed by atoms with van der Waals surface area (Å²) in [5.41, 5.74) is 1.26. The number of thioether (sulfide) groups is 1. The van der Waals surface area contributed by atoms with E-state index in [1.165, 1.54) is 11.3 Å². The molecule has 0 bridgehead atoms. The van der Waals surface area contributed by atoms with E-state index >= 15 is 0 Å². The van der Waals surface area contributed by atoms with Crippen LogP contribution < -0.4 is 14.8 Å². The summed E-state index contributed by atoms with van der Waals surface area (Å²) in [6.07, 6.45) is 3.15. The van der Waals surface area contributed by atoms with Crippen LogP contribution in [0.5, 0.6) is 11.5 Å². The number of benzene rings is 1. The van der Waals surface area contributed by atoms with Crippen LogP contribution >= 0.6 is 11.8 Å². The van der Waals surface area contributed by atoms with Crippen LogP contribution in [0.25, 0.3) is 0 Å². The molecule has 0 aromatic heterocycles. The molecule has 1 aromatic carbocycles. The number of hydrogen-bond acceptors (Lipinski definition) is 4. The summed E-state index contributed by atoms with van der Waals surface area (Å²) in [5, 5.41) is 3.60. The van der Waals surface area contributed by atoms with Gasteiger partial charge in [0.25, 0.3) is 0 Å². The molecule has 2 atom stereocenters. The number of nitrogens with one attached hydrogen (secondary N) is 1. The molecule has 0 spiro atoms. The zero-order valence-electron chi connectivity index (χ0n) is 13.2. The van der Waals surface area contributed by atoms with Gasteiger partial charge in [0.1, 0.15) is 0 Å². The Kier molecular flexibility index (Phi) is 7.85. The lowest BCUT2D eigenvalue weighted by molar-refractivity contribution is 0.354. The topological polar surface area (TPSA) is 30.5 Å². The van der Waals surface area contributed by atoms with Gasteiger partial charge in [0.15, 0.2) is 11.5 Å². The average molecular weight is 297 g/mol. The highest BCUT2D eigenvalue weighted by Gasteiger charge is 2.09. The van der Waals surface area contributed by atoms with Crippen molar-refractivity contribution < 1.29 is 9.47 Å². The van der Waals surface area contributed by atoms with Crippen molar-refractivity contribution in [3.05, 3.63) is 23.8 Å². The zero-order chi connectivity index (χ0) is 15.0. The van der Waals surface area contributed by atoms with Crippen molar-refractivity contribution in [1.82, 2.24) is 5.32 Å². The third kappa shape index (κ3) is 5.63. The second-order valence-corrected chi connectivity index (χ2v) is 6.17. The number of hydrogen-bond donors (Lipinski definition) is 1. The van der Waals surface area contributed by atoms with Crippen molar-refractivity contribution in [3.8, 4) is 11.5 Å². The summed E-state index contributed by atoms with van der Waals surface area (Å²) in [4.78, 5) is 0. The van der Waals surface area contributed by atoms with E-state index in [0.717, 1.165) is 24.5 Å². The smallest absolute Gasteiger partial charge is 0.160 e. The van der Waals surface area contributed by atoms with E-state index in [9.17, 15) is 0 Å². The lowest BCUT2D eigenvalue weighted by Crippen LogP contribution is -2.32. The van der Waals surface area contributed by atoms with Gasteiger partial charge < -0.3 is 14.8 Å². The molecule has 0 radical (unpaired) electrons. The molecule has 0 saturated heterocycles. The van der Waals surface area contributed by atoms with Crippen molar-refractivity contribution in [1.29, 1.82) is 0 Å². The van der Waals surface area contributed by atoms with Crippen molar-refractivity contribution in [2.45, 2.75) is 26.3 Å². The van der Waals surface area contributed by atoms with Gasteiger partial charge in [-0.05, 0) is 55.5 Å². The number of ether oxygens (including phenoxy) is 2. The Balaban J connectivity index is 2.51. The van der Waals surface area contributed by atoms with Crippen molar-refractivity contribution >= 4 is 11.8 Å². The SMILES string of the molecule is COc1ccc(CC(C)NCC(C)CSC)cc1OC. The molecule has 0 aliphatic heterocycles. The van der Waals surface area contributed by atoms with Crippen LogP contribution in [0.3, 0.4) is 0 Å². The second kappa shape index (κ2) is 9.14. The van der Waals surface area contributed by atoms with Gasteiger partial charge in [-0.3, -0.25) is 0 Å². The maximum Gasteiger partial charge on any atom is 0.160 e. The van der Waals surface area contributed by atoms with Gasteiger partial charge >= 0.3 is 0 Å². The van der Waals surface area contributed by atoms with Crippen LogP contribution in [0.15, 0.2) is 18.2 Å². The lowest BCUT2D eigenvalue weighted by atomic mass is 10.1. The molecule has 1 rings (SSSR count). The first-order chi connectivity index (χ1) is 9.60. The Morgan fingerprint density at radius 3 is 2.45 bits per heavy atom. The fourth-order valence-electron chi connectivity index (χ4n) is 2.18. The summed E-state index contributed by atoms with van der Waals surface area (Å²) in [6.45, 7) is 5.57. The maximum atomic E-state index is 5.34. The molecular formula is C16H27NO2S. The quantitative estimate of drug-likeness (QED) is 0.758. The van der Waals surface area contributed by atoms with Gasteiger partial charge in [0.2, 0.25) is 0 Å². The largest absolute Gasteiger partial charge is 0.493 e. The molecule has 0 fully saturated rings. The van der Waals surface area contributed by atoms with Crippen LogP contribution in [-0.2, 0) is 6.42 Å². The first-order valence-electron chi connectivity index (χ1n) is 7.03. The van der Waals surface area contributed by atoms with E-state index in [1.807, 2.05) is 17.8 Å². The Hall–Kier alpha value is -0.870. The molecule has 2 unspecified atom stereocenters. The van der Waals surface area contributed by atoms with Gasteiger partial charge in [0.05, 0.1) is 14.2 Å². The van der Waals surface area contributed by atoms with Gasteiger partial charge in [-0.15, -0.1) is 0 Å². The Morgan fingerprint density at radius 1 is 1.15 bits per heavy atom. The Bertz CT molecular complexity index is 398. The number of methoxy groups -OCH3 is 2. The zero-order valence-corrected chi connectivity index (χ0v) is 14.0. The maximum absolute atomic E-state index is 5.34. The highest BCUT2D eigenvalue weighted by Crippen LogP contribution is 2.27. The van der Waals surface area contributed by atoms with Crippen LogP contribution in [-0.4, -0.2) is 38.8 Å². The van der Waals surface area contributed by atoms with E-state index in [0.29, 0.717) is 12.0 Å². The van der Waals surface area contributed by atoms with E-state index < -0.39 is 0 Å². The third-order valence-corrected chi connectivity index (χ3v) is 4.16. The molecule has 0 aliphatic rings. The molecule has 20 heavy (non-hydrogen) atoms. The standard InChI is InChI=1S/C16H27NO2S/c1-12(11-20-5)10-17-13(2)8-14-6-7-15(18-3)16(9-14)19-4/h6-7,9,12-13,17H,8,10-11H2,1-5H3. The highest BCUT2D eigenvalue weighted by molar-refractivity contribution is 7.98. The first-order valence-corrected chi connectivity index (χ1v) is 8.43. The van der Waals surface area contributed by atoms with Crippen molar-refractivity contribution in [3.63, 3.8) is 0 Å². The van der Waals surface area contributed by atoms with Crippen molar-refractivity contribution in [2.75, 3.05) is 32.8 Å². The fourth-order valence-corrected chi connectivity index (χ4v) is 2.87. The second-order valence-electron chi connectivity index (χ2n) is 5.26. The van der Waals surface area contributed by atoms with Gasteiger partial charge in [-0.25, -0.2) is 0 Å².